The molecule has 1 amide bonds. The van der Waals surface area contributed by atoms with Crippen LogP contribution in [-0.4, -0.2) is 10.5 Å². The fourth-order valence-electron chi connectivity index (χ4n) is 2.05. The van der Waals surface area contributed by atoms with E-state index in [1.54, 1.807) is 0 Å². The van der Waals surface area contributed by atoms with Crippen LogP contribution < -0.4 is 10.9 Å². The number of alkyl halides is 6. The van der Waals surface area contributed by atoms with Crippen molar-refractivity contribution in [2.75, 3.05) is 0 Å². The van der Waals surface area contributed by atoms with Gasteiger partial charge in [0, 0.05) is 18.8 Å². The number of carbonyl (C=O) groups excluding carboxylic acids is 1. The van der Waals surface area contributed by atoms with E-state index in [0.29, 0.717) is 28.5 Å². The van der Waals surface area contributed by atoms with Gasteiger partial charge in [-0.3, -0.25) is 9.59 Å². The Labute approximate surface area is 143 Å². The fraction of sp³-hybridized carbons (Fsp3) is 0.250. The molecule has 0 aliphatic rings. The molecule has 140 valence electrons. The van der Waals surface area contributed by atoms with Crippen molar-refractivity contribution in [2.24, 2.45) is 0 Å². The van der Waals surface area contributed by atoms with Gasteiger partial charge in [-0.05, 0) is 23.8 Å². The van der Waals surface area contributed by atoms with E-state index in [-0.39, 0.29) is 6.54 Å². The van der Waals surface area contributed by atoms with Crippen LogP contribution in [-0.2, 0) is 30.2 Å². The summed E-state index contributed by atoms with van der Waals surface area (Å²) in [4.78, 5) is 23.3. The second-order valence-corrected chi connectivity index (χ2v) is 5.35. The molecule has 0 fully saturated rings. The van der Waals surface area contributed by atoms with Gasteiger partial charge in [-0.25, -0.2) is 0 Å². The standard InChI is InChI=1S/C16H12F6N2O2/c17-15(18,19)11-3-1-10(2-4-11)7-23-13(25)9-24-8-12(16(20,21)22)5-6-14(24)26/h1-6,8H,7,9H2,(H,23,25). The lowest BCUT2D eigenvalue weighted by molar-refractivity contribution is -0.138. The predicted molar refractivity (Wildman–Crippen MR) is 79.0 cm³/mol. The number of halogens is 6. The van der Waals surface area contributed by atoms with Crippen LogP contribution in [0.2, 0.25) is 0 Å². The van der Waals surface area contributed by atoms with Crippen LogP contribution in [0.1, 0.15) is 16.7 Å². The number of pyridine rings is 1. The molecular weight excluding hydrogens is 366 g/mol. The zero-order valence-electron chi connectivity index (χ0n) is 13.0. The van der Waals surface area contributed by atoms with Gasteiger partial charge in [-0.2, -0.15) is 26.3 Å². The minimum absolute atomic E-state index is 0.134. The zero-order valence-corrected chi connectivity index (χ0v) is 13.0. The second kappa shape index (κ2) is 7.22. The van der Waals surface area contributed by atoms with Gasteiger partial charge in [0.2, 0.25) is 5.91 Å². The Kier molecular flexibility index (Phi) is 5.43. The van der Waals surface area contributed by atoms with E-state index in [4.69, 9.17) is 0 Å². The third-order valence-corrected chi connectivity index (χ3v) is 3.40. The second-order valence-electron chi connectivity index (χ2n) is 5.35. The third-order valence-electron chi connectivity index (χ3n) is 3.40. The predicted octanol–water partition coefficient (Wildman–Crippen LogP) is 3.20. The molecule has 0 saturated carbocycles. The summed E-state index contributed by atoms with van der Waals surface area (Å²) in [5.41, 5.74) is -2.35. The Bertz CT molecular complexity index is 838. The summed E-state index contributed by atoms with van der Waals surface area (Å²) in [6.07, 6.45) is -8.61. The Morgan fingerprint density at radius 3 is 1.96 bits per heavy atom. The maximum Gasteiger partial charge on any atom is 0.417 e. The van der Waals surface area contributed by atoms with E-state index in [9.17, 15) is 35.9 Å². The smallest absolute Gasteiger partial charge is 0.350 e. The highest BCUT2D eigenvalue weighted by Crippen LogP contribution is 2.29. The lowest BCUT2D eigenvalue weighted by Gasteiger charge is -2.11. The molecule has 0 atom stereocenters. The van der Waals surface area contributed by atoms with E-state index in [1.165, 1.54) is 12.1 Å². The van der Waals surface area contributed by atoms with Gasteiger partial charge in [-0.15, -0.1) is 0 Å². The molecule has 0 aliphatic heterocycles. The zero-order chi connectivity index (χ0) is 19.5. The van der Waals surface area contributed by atoms with Crippen molar-refractivity contribution in [1.29, 1.82) is 0 Å². The maximum atomic E-state index is 12.6. The number of benzene rings is 1. The first-order chi connectivity index (χ1) is 12.0. The average Bonchev–Trinajstić information content (AvgIpc) is 2.53. The van der Waals surface area contributed by atoms with Gasteiger partial charge in [0.15, 0.2) is 0 Å². The Morgan fingerprint density at radius 2 is 1.42 bits per heavy atom. The Morgan fingerprint density at radius 1 is 0.885 bits per heavy atom. The highest BCUT2D eigenvalue weighted by molar-refractivity contribution is 5.75. The fourth-order valence-corrected chi connectivity index (χ4v) is 2.05. The van der Waals surface area contributed by atoms with Crippen molar-refractivity contribution in [2.45, 2.75) is 25.4 Å². The number of amides is 1. The van der Waals surface area contributed by atoms with Gasteiger partial charge in [0.05, 0.1) is 11.1 Å². The third kappa shape index (κ3) is 5.11. The monoisotopic (exact) mass is 378 g/mol. The number of rotatable bonds is 4. The van der Waals surface area contributed by atoms with Crippen molar-refractivity contribution >= 4 is 5.91 Å². The summed E-state index contributed by atoms with van der Waals surface area (Å²) >= 11 is 0. The molecule has 1 N–H and O–H groups in total. The van der Waals surface area contributed by atoms with Crippen molar-refractivity contribution < 1.29 is 31.1 Å². The van der Waals surface area contributed by atoms with Crippen LogP contribution >= 0.6 is 0 Å². The molecule has 0 radical (unpaired) electrons. The van der Waals surface area contributed by atoms with Crippen LogP contribution in [0.4, 0.5) is 26.3 Å². The molecule has 10 heteroatoms. The summed E-state index contributed by atoms with van der Waals surface area (Å²) in [7, 11) is 0. The van der Waals surface area contributed by atoms with Crippen LogP contribution in [0.5, 0.6) is 0 Å². The lowest BCUT2D eigenvalue weighted by atomic mass is 10.1. The molecule has 2 aromatic rings. The average molecular weight is 378 g/mol. The summed E-state index contributed by atoms with van der Waals surface area (Å²) in [5.74, 6) is -0.758. The number of nitrogens with zero attached hydrogens (tertiary/aromatic N) is 1. The Balaban J connectivity index is 2.00. The first-order valence-electron chi connectivity index (χ1n) is 7.17. The van der Waals surface area contributed by atoms with Crippen molar-refractivity contribution in [3.63, 3.8) is 0 Å². The number of aromatic nitrogens is 1. The van der Waals surface area contributed by atoms with Crippen molar-refractivity contribution in [3.05, 3.63) is 69.6 Å². The van der Waals surface area contributed by atoms with Gasteiger partial charge in [-0.1, -0.05) is 12.1 Å². The van der Waals surface area contributed by atoms with E-state index in [0.717, 1.165) is 12.1 Å². The molecular formula is C16H12F6N2O2. The highest BCUT2D eigenvalue weighted by Gasteiger charge is 2.31. The molecule has 0 aliphatic carbocycles. The SMILES string of the molecule is O=C(Cn1cc(C(F)(F)F)ccc1=O)NCc1ccc(C(F)(F)F)cc1. The molecule has 1 heterocycles. The van der Waals surface area contributed by atoms with Crippen LogP contribution in [0.15, 0.2) is 47.4 Å². The minimum Gasteiger partial charge on any atom is -0.350 e. The minimum atomic E-state index is -4.66. The van der Waals surface area contributed by atoms with Crippen molar-refractivity contribution in [3.8, 4) is 0 Å². The van der Waals surface area contributed by atoms with Gasteiger partial charge >= 0.3 is 12.4 Å². The normalized spacial score (nSPS) is 12.1. The number of hydrogen-bond acceptors (Lipinski definition) is 2. The quantitative estimate of drug-likeness (QED) is 0.831. The van der Waals surface area contributed by atoms with E-state index in [1.807, 2.05) is 0 Å². The summed E-state index contributed by atoms with van der Waals surface area (Å²) in [6.45, 7) is -0.784. The molecule has 1 aromatic heterocycles. The van der Waals surface area contributed by atoms with E-state index >= 15 is 0 Å². The summed E-state index contributed by atoms with van der Waals surface area (Å²) in [6, 6.07) is 5.33. The highest BCUT2D eigenvalue weighted by atomic mass is 19.4. The molecule has 2 rings (SSSR count). The first-order valence-corrected chi connectivity index (χ1v) is 7.17. The van der Waals surface area contributed by atoms with E-state index < -0.39 is 41.5 Å². The maximum absolute atomic E-state index is 12.6. The molecule has 0 bridgehead atoms. The van der Waals surface area contributed by atoms with Crippen LogP contribution in [0.3, 0.4) is 0 Å². The molecule has 0 unspecified atom stereocenters. The Hall–Kier alpha value is -2.78. The molecule has 0 saturated heterocycles. The van der Waals surface area contributed by atoms with Crippen LogP contribution in [0.25, 0.3) is 0 Å². The molecule has 0 spiro atoms. The topological polar surface area (TPSA) is 51.1 Å². The number of carbonyl (C=O) groups is 1. The number of hydrogen-bond donors (Lipinski definition) is 1. The van der Waals surface area contributed by atoms with Crippen molar-refractivity contribution in [1.82, 2.24) is 9.88 Å². The van der Waals surface area contributed by atoms with Crippen LogP contribution in [0, 0.1) is 0 Å². The molecule has 1 aromatic carbocycles. The van der Waals surface area contributed by atoms with E-state index in [2.05, 4.69) is 5.32 Å². The molecule has 26 heavy (non-hydrogen) atoms. The first kappa shape index (κ1) is 19.5. The largest absolute Gasteiger partial charge is 0.417 e. The van der Waals surface area contributed by atoms with Gasteiger partial charge in [0.25, 0.3) is 5.56 Å². The lowest BCUT2D eigenvalue weighted by Crippen LogP contribution is -2.32. The van der Waals surface area contributed by atoms with Gasteiger partial charge in [0.1, 0.15) is 6.54 Å². The summed E-state index contributed by atoms with van der Waals surface area (Å²) < 4.78 is 75.8. The number of nitrogens with one attached hydrogen (secondary N) is 1. The summed E-state index contributed by atoms with van der Waals surface area (Å²) in [5, 5.41) is 2.33. The molecule has 4 nitrogen and oxygen atoms in total. The van der Waals surface area contributed by atoms with Gasteiger partial charge < -0.3 is 9.88 Å².